The second kappa shape index (κ2) is 11.9. The number of rotatable bonds is 8. The Morgan fingerprint density at radius 2 is 1.81 bits per heavy atom. The highest BCUT2D eigenvalue weighted by atomic mass is 127. The van der Waals surface area contributed by atoms with E-state index in [4.69, 9.17) is 4.42 Å². The first-order valence-electron chi connectivity index (χ1n) is 8.15. The zero-order chi connectivity index (χ0) is 18.8. The molecule has 1 aromatic heterocycles. The summed E-state index contributed by atoms with van der Waals surface area (Å²) >= 11 is 0. The minimum absolute atomic E-state index is 0. The number of hydrogen-bond acceptors (Lipinski definition) is 3. The van der Waals surface area contributed by atoms with Gasteiger partial charge >= 0.3 is 6.18 Å². The second-order valence-electron chi connectivity index (χ2n) is 5.61. The molecule has 2 N–H and O–H groups in total. The van der Waals surface area contributed by atoms with E-state index in [0.717, 1.165) is 17.7 Å². The van der Waals surface area contributed by atoms with Crippen LogP contribution in [0.4, 0.5) is 13.2 Å². The molecule has 2 rings (SSSR count). The molecule has 27 heavy (non-hydrogen) atoms. The molecule has 0 aliphatic carbocycles. The molecule has 0 unspecified atom stereocenters. The van der Waals surface area contributed by atoms with Crippen molar-refractivity contribution in [2.75, 3.05) is 20.2 Å². The molecule has 0 fully saturated rings. The van der Waals surface area contributed by atoms with Crippen molar-refractivity contribution in [1.29, 1.82) is 0 Å². The fourth-order valence-electron chi connectivity index (χ4n) is 2.20. The van der Waals surface area contributed by atoms with Crippen LogP contribution in [-0.4, -0.2) is 32.3 Å². The largest absolute Gasteiger partial charge is 0.469 e. The molecule has 0 aliphatic rings. The van der Waals surface area contributed by atoms with Gasteiger partial charge in [-0.3, -0.25) is 4.99 Å². The summed E-state index contributed by atoms with van der Waals surface area (Å²) in [5.41, 5.74) is 1.68. The molecule has 5 nitrogen and oxygen atoms in total. The number of ether oxygens (including phenoxy) is 1. The van der Waals surface area contributed by atoms with Crippen LogP contribution in [0.3, 0.4) is 0 Å². The normalized spacial score (nSPS) is 11.8. The Kier molecular flexibility index (Phi) is 10.2. The topological polar surface area (TPSA) is 58.8 Å². The average Bonchev–Trinajstić information content (AvgIpc) is 3.11. The van der Waals surface area contributed by atoms with Crippen LogP contribution in [0.15, 0.2) is 52.1 Å². The minimum Gasteiger partial charge on any atom is -0.469 e. The van der Waals surface area contributed by atoms with E-state index in [-0.39, 0.29) is 30.6 Å². The Bertz CT molecular complexity index is 674. The lowest BCUT2D eigenvalue weighted by Crippen LogP contribution is -2.37. The quantitative estimate of drug-likeness (QED) is 0.330. The van der Waals surface area contributed by atoms with Gasteiger partial charge in [-0.1, -0.05) is 24.3 Å². The Hall–Kier alpha value is -1.75. The van der Waals surface area contributed by atoms with E-state index in [1.165, 1.54) is 0 Å². The third-order valence-electron chi connectivity index (χ3n) is 3.48. The first-order chi connectivity index (χ1) is 12.5. The molecule has 150 valence electrons. The maximum atomic E-state index is 12.0. The van der Waals surface area contributed by atoms with Crippen molar-refractivity contribution < 1.29 is 22.3 Å². The second-order valence-corrected chi connectivity index (χ2v) is 5.61. The van der Waals surface area contributed by atoms with E-state index in [2.05, 4.69) is 20.4 Å². The van der Waals surface area contributed by atoms with Crippen molar-refractivity contribution in [3.63, 3.8) is 0 Å². The Morgan fingerprint density at radius 3 is 2.41 bits per heavy atom. The van der Waals surface area contributed by atoms with Gasteiger partial charge in [-0.05, 0) is 23.3 Å². The van der Waals surface area contributed by atoms with Crippen LogP contribution in [0.5, 0.6) is 0 Å². The molecule has 1 aromatic carbocycles. The van der Waals surface area contributed by atoms with Crippen molar-refractivity contribution >= 4 is 29.9 Å². The number of guanidine groups is 1. The summed E-state index contributed by atoms with van der Waals surface area (Å²) in [5.74, 6) is 1.56. The van der Waals surface area contributed by atoms with E-state index in [1.54, 1.807) is 25.4 Å². The standard InChI is InChI=1S/C18H22F3N3O2.HI/c1-22-17(23-9-8-16-3-2-10-26-16)24-11-14-4-6-15(7-5-14)12-25-13-18(19,20)21;/h2-7,10H,8-9,11-13H2,1H3,(H2,22,23,24);1H. The van der Waals surface area contributed by atoms with Crippen LogP contribution in [0.2, 0.25) is 0 Å². The highest BCUT2D eigenvalue weighted by Crippen LogP contribution is 2.15. The summed E-state index contributed by atoms with van der Waals surface area (Å²) in [4.78, 5) is 4.14. The molecule has 0 aliphatic heterocycles. The summed E-state index contributed by atoms with van der Waals surface area (Å²) < 4.78 is 46.0. The zero-order valence-electron chi connectivity index (χ0n) is 14.9. The van der Waals surface area contributed by atoms with Crippen LogP contribution in [0, 0.1) is 0 Å². The zero-order valence-corrected chi connectivity index (χ0v) is 17.2. The predicted molar refractivity (Wildman–Crippen MR) is 108 cm³/mol. The van der Waals surface area contributed by atoms with Gasteiger partial charge in [-0.25, -0.2) is 0 Å². The van der Waals surface area contributed by atoms with E-state index in [0.29, 0.717) is 24.6 Å². The predicted octanol–water partition coefficient (Wildman–Crippen LogP) is 3.88. The van der Waals surface area contributed by atoms with Crippen molar-refractivity contribution in [2.45, 2.75) is 25.7 Å². The summed E-state index contributed by atoms with van der Waals surface area (Å²) in [7, 11) is 1.68. The molecule has 0 radical (unpaired) electrons. The van der Waals surface area contributed by atoms with Crippen molar-refractivity contribution in [2.24, 2.45) is 4.99 Å². The van der Waals surface area contributed by atoms with Crippen LogP contribution < -0.4 is 10.6 Å². The average molecular weight is 497 g/mol. The molecule has 0 saturated heterocycles. The lowest BCUT2D eigenvalue weighted by Gasteiger charge is -2.12. The smallest absolute Gasteiger partial charge is 0.411 e. The third kappa shape index (κ3) is 9.66. The van der Waals surface area contributed by atoms with Gasteiger partial charge < -0.3 is 19.8 Å². The fourth-order valence-corrected chi connectivity index (χ4v) is 2.20. The van der Waals surface area contributed by atoms with Gasteiger partial charge in [-0.2, -0.15) is 13.2 Å². The molecule has 0 saturated carbocycles. The number of alkyl halides is 3. The van der Waals surface area contributed by atoms with Crippen LogP contribution in [0.1, 0.15) is 16.9 Å². The summed E-state index contributed by atoms with van der Waals surface area (Å²) in [6.45, 7) is -0.0771. The first kappa shape index (κ1) is 23.3. The molecule has 0 spiro atoms. The van der Waals surface area contributed by atoms with E-state index < -0.39 is 12.8 Å². The van der Waals surface area contributed by atoms with Crippen LogP contribution in [0.25, 0.3) is 0 Å². The SMILES string of the molecule is CN=C(NCCc1ccco1)NCc1ccc(COCC(F)(F)F)cc1.I. The molecular formula is C18H23F3IN3O2. The third-order valence-corrected chi connectivity index (χ3v) is 3.48. The monoisotopic (exact) mass is 497 g/mol. The van der Waals surface area contributed by atoms with Crippen LogP contribution in [-0.2, 0) is 24.3 Å². The van der Waals surface area contributed by atoms with Gasteiger partial charge in [0.15, 0.2) is 5.96 Å². The van der Waals surface area contributed by atoms with E-state index >= 15 is 0 Å². The van der Waals surface area contributed by atoms with Gasteiger partial charge in [0.1, 0.15) is 12.4 Å². The van der Waals surface area contributed by atoms with Gasteiger partial charge in [0, 0.05) is 26.6 Å². The lowest BCUT2D eigenvalue weighted by molar-refractivity contribution is -0.176. The summed E-state index contributed by atoms with van der Waals surface area (Å²) in [6.07, 6.45) is -1.91. The van der Waals surface area contributed by atoms with Crippen molar-refractivity contribution in [3.8, 4) is 0 Å². The highest BCUT2D eigenvalue weighted by molar-refractivity contribution is 14.0. The maximum absolute atomic E-state index is 12.0. The summed E-state index contributed by atoms with van der Waals surface area (Å²) in [6, 6.07) is 10.9. The fraction of sp³-hybridized carbons (Fsp3) is 0.389. The number of halogens is 4. The van der Waals surface area contributed by atoms with Crippen LogP contribution >= 0.6 is 24.0 Å². The lowest BCUT2D eigenvalue weighted by atomic mass is 10.1. The van der Waals surface area contributed by atoms with Gasteiger partial charge in [0.25, 0.3) is 0 Å². The van der Waals surface area contributed by atoms with Gasteiger partial charge in [0.2, 0.25) is 0 Å². The van der Waals surface area contributed by atoms with Gasteiger partial charge in [-0.15, -0.1) is 24.0 Å². The molecule has 9 heteroatoms. The molecule has 0 atom stereocenters. The number of aliphatic imine (C=N–C) groups is 1. The van der Waals surface area contributed by atoms with E-state index in [9.17, 15) is 13.2 Å². The number of nitrogens with zero attached hydrogens (tertiary/aromatic N) is 1. The Labute approximate surface area is 173 Å². The number of nitrogens with one attached hydrogen (secondary N) is 2. The number of benzene rings is 1. The van der Waals surface area contributed by atoms with Crippen molar-refractivity contribution in [3.05, 3.63) is 59.5 Å². The van der Waals surface area contributed by atoms with Gasteiger partial charge in [0.05, 0.1) is 12.9 Å². The first-order valence-corrected chi connectivity index (χ1v) is 8.15. The van der Waals surface area contributed by atoms with E-state index in [1.807, 2.05) is 24.3 Å². The maximum Gasteiger partial charge on any atom is 0.411 e. The molecule has 1 heterocycles. The molecule has 2 aromatic rings. The Balaban J connectivity index is 0.00000364. The Morgan fingerprint density at radius 1 is 1.11 bits per heavy atom. The molecule has 0 amide bonds. The highest BCUT2D eigenvalue weighted by Gasteiger charge is 2.27. The molecular weight excluding hydrogens is 474 g/mol. The van der Waals surface area contributed by atoms with Crippen molar-refractivity contribution in [1.82, 2.24) is 10.6 Å². The summed E-state index contributed by atoms with van der Waals surface area (Å²) in [5, 5.41) is 6.36. The number of hydrogen-bond donors (Lipinski definition) is 2. The molecule has 0 bridgehead atoms. The number of furan rings is 1. The minimum atomic E-state index is -4.30.